The number of thiocarbonyl (C=S) groups is 1. The molecule has 7 heteroatoms. The van der Waals surface area contributed by atoms with E-state index in [-0.39, 0.29) is 18.4 Å². The van der Waals surface area contributed by atoms with Gasteiger partial charge in [0.25, 0.3) is 5.56 Å². The number of nitrogens with zero attached hydrogens (tertiary/aromatic N) is 1. The van der Waals surface area contributed by atoms with Crippen LogP contribution in [0, 0.1) is 13.8 Å². The Labute approximate surface area is 215 Å². The molecule has 0 radical (unpaired) electrons. The SMILES string of the molecule is Cc1ccc(C)c2[nH]c(=O)c(CN(Cc3ccc4c(c3)OCO4)C(=S)N[C@@H](C)c3ccccc3)cc12. The highest BCUT2D eigenvalue weighted by molar-refractivity contribution is 7.80. The van der Waals surface area contributed by atoms with Gasteiger partial charge in [-0.3, -0.25) is 4.79 Å². The van der Waals surface area contributed by atoms with E-state index < -0.39 is 0 Å². The lowest BCUT2D eigenvalue weighted by atomic mass is 10.0. The first-order chi connectivity index (χ1) is 17.4. The van der Waals surface area contributed by atoms with Crippen LogP contribution in [0.15, 0.2) is 71.5 Å². The maximum Gasteiger partial charge on any atom is 0.253 e. The first kappa shape index (κ1) is 23.9. The molecular formula is C29H29N3O3S. The van der Waals surface area contributed by atoms with Crippen LogP contribution in [0.4, 0.5) is 0 Å². The van der Waals surface area contributed by atoms with Crippen molar-refractivity contribution in [1.82, 2.24) is 15.2 Å². The Morgan fingerprint density at radius 1 is 1.00 bits per heavy atom. The third kappa shape index (κ3) is 4.93. The Hall–Kier alpha value is -3.84. The summed E-state index contributed by atoms with van der Waals surface area (Å²) in [6.45, 7) is 7.24. The van der Waals surface area contributed by atoms with Gasteiger partial charge in [0.1, 0.15) is 0 Å². The van der Waals surface area contributed by atoms with Crippen LogP contribution in [0.1, 0.15) is 40.8 Å². The summed E-state index contributed by atoms with van der Waals surface area (Å²) in [5, 5.41) is 5.07. The Balaban J connectivity index is 1.46. The second-order valence-electron chi connectivity index (χ2n) is 9.24. The number of aromatic nitrogens is 1. The number of nitrogens with one attached hydrogen (secondary N) is 2. The molecule has 0 saturated carbocycles. The maximum atomic E-state index is 13.1. The van der Waals surface area contributed by atoms with Crippen molar-refractivity contribution in [3.05, 3.63) is 105 Å². The van der Waals surface area contributed by atoms with E-state index in [2.05, 4.69) is 42.3 Å². The van der Waals surface area contributed by atoms with Crippen LogP contribution in [-0.4, -0.2) is 21.8 Å². The number of fused-ring (bicyclic) bond motifs is 2. The molecule has 4 aromatic rings. The average molecular weight is 500 g/mol. The Morgan fingerprint density at radius 2 is 1.75 bits per heavy atom. The minimum Gasteiger partial charge on any atom is -0.454 e. The Kier molecular flexibility index (Phi) is 6.65. The van der Waals surface area contributed by atoms with E-state index in [9.17, 15) is 4.79 Å². The first-order valence-corrected chi connectivity index (χ1v) is 12.4. The molecule has 0 bridgehead atoms. The molecule has 0 aliphatic carbocycles. The molecule has 5 rings (SSSR count). The van der Waals surface area contributed by atoms with Crippen molar-refractivity contribution in [3.63, 3.8) is 0 Å². The molecule has 2 heterocycles. The molecule has 0 unspecified atom stereocenters. The molecule has 0 amide bonds. The molecule has 1 aliphatic rings. The van der Waals surface area contributed by atoms with Crippen molar-refractivity contribution in [2.24, 2.45) is 0 Å². The second kappa shape index (κ2) is 10.0. The molecular weight excluding hydrogens is 470 g/mol. The van der Waals surface area contributed by atoms with Gasteiger partial charge >= 0.3 is 0 Å². The van der Waals surface area contributed by atoms with E-state index in [0.717, 1.165) is 44.7 Å². The molecule has 1 aromatic heterocycles. The summed E-state index contributed by atoms with van der Waals surface area (Å²) >= 11 is 5.88. The van der Waals surface area contributed by atoms with Gasteiger partial charge in [-0.25, -0.2) is 0 Å². The minimum absolute atomic E-state index is 0.0118. The molecule has 2 N–H and O–H groups in total. The lowest BCUT2D eigenvalue weighted by Crippen LogP contribution is -2.41. The largest absolute Gasteiger partial charge is 0.454 e. The van der Waals surface area contributed by atoms with E-state index in [1.54, 1.807) is 0 Å². The standard InChI is InChI=1S/C29H29N3O3S/c1-18-9-10-19(2)27-24(18)14-23(28(33)31-27)16-32(15-21-11-12-25-26(13-21)35-17-34-25)29(36)30-20(3)22-7-5-4-6-8-22/h4-14,20H,15-17H2,1-3H3,(H,30,36)(H,31,33)/t20-/m0/s1. The third-order valence-corrected chi connectivity index (χ3v) is 7.00. The first-order valence-electron chi connectivity index (χ1n) is 12.0. The lowest BCUT2D eigenvalue weighted by Gasteiger charge is -2.28. The van der Waals surface area contributed by atoms with E-state index in [0.29, 0.717) is 23.8 Å². The quantitative estimate of drug-likeness (QED) is 0.341. The number of ether oxygens (including phenoxy) is 2. The molecule has 3 aromatic carbocycles. The van der Waals surface area contributed by atoms with Gasteiger partial charge in [0.05, 0.1) is 18.1 Å². The van der Waals surface area contributed by atoms with Crippen LogP contribution >= 0.6 is 12.2 Å². The van der Waals surface area contributed by atoms with Crippen LogP contribution in [0.3, 0.4) is 0 Å². The van der Waals surface area contributed by atoms with Gasteiger partial charge in [0, 0.05) is 17.5 Å². The van der Waals surface area contributed by atoms with Crippen LogP contribution in [-0.2, 0) is 13.1 Å². The minimum atomic E-state index is -0.106. The van der Waals surface area contributed by atoms with Crippen molar-refractivity contribution < 1.29 is 9.47 Å². The number of aryl methyl sites for hydroxylation is 2. The monoisotopic (exact) mass is 499 g/mol. The highest BCUT2D eigenvalue weighted by Crippen LogP contribution is 2.33. The molecule has 1 aliphatic heterocycles. The van der Waals surface area contributed by atoms with E-state index in [1.807, 2.05) is 60.4 Å². The summed E-state index contributed by atoms with van der Waals surface area (Å²) < 4.78 is 11.0. The molecule has 36 heavy (non-hydrogen) atoms. The third-order valence-electron chi connectivity index (χ3n) is 6.62. The van der Waals surface area contributed by atoms with Crippen molar-refractivity contribution in [2.45, 2.75) is 39.9 Å². The summed E-state index contributed by atoms with van der Waals surface area (Å²) in [5.41, 5.74) is 5.75. The fourth-order valence-electron chi connectivity index (χ4n) is 4.50. The number of hydrogen-bond donors (Lipinski definition) is 2. The number of benzene rings is 3. The van der Waals surface area contributed by atoms with Gasteiger partial charge in [-0.05, 0) is 73.4 Å². The zero-order chi connectivity index (χ0) is 25.2. The predicted octanol–water partition coefficient (Wildman–Crippen LogP) is 5.51. The van der Waals surface area contributed by atoms with Crippen LogP contribution in [0.25, 0.3) is 10.9 Å². The van der Waals surface area contributed by atoms with Crippen LogP contribution in [0.2, 0.25) is 0 Å². The van der Waals surface area contributed by atoms with Gasteiger partial charge in [0.15, 0.2) is 16.6 Å². The second-order valence-corrected chi connectivity index (χ2v) is 9.62. The smallest absolute Gasteiger partial charge is 0.253 e. The molecule has 6 nitrogen and oxygen atoms in total. The number of rotatable bonds is 6. The van der Waals surface area contributed by atoms with E-state index >= 15 is 0 Å². The predicted molar refractivity (Wildman–Crippen MR) is 146 cm³/mol. The van der Waals surface area contributed by atoms with E-state index in [1.165, 1.54) is 0 Å². The van der Waals surface area contributed by atoms with E-state index in [4.69, 9.17) is 21.7 Å². The fraction of sp³-hybridized carbons (Fsp3) is 0.241. The summed E-state index contributed by atoms with van der Waals surface area (Å²) in [6, 6.07) is 22.2. The molecule has 0 saturated heterocycles. The molecule has 1 atom stereocenters. The normalized spacial score (nSPS) is 13.0. The Bertz CT molecular complexity index is 1480. The highest BCUT2D eigenvalue weighted by Gasteiger charge is 2.19. The zero-order valence-corrected chi connectivity index (χ0v) is 21.4. The van der Waals surface area contributed by atoms with Crippen LogP contribution in [0.5, 0.6) is 11.5 Å². The van der Waals surface area contributed by atoms with Crippen molar-refractivity contribution in [3.8, 4) is 11.5 Å². The molecule has 0 spiro atoms. The number of H-pyrrole nitrogens is 1. The van der Waals surface area contributed by atoms with Crippen molar-refractivity contribution in [1.29, 1.82) is 0 Å². The Morgan fingerprint density at radius 3 is 2.56 bits per heavy atom. The molecule has 184 valence electrons. The maximum absolute atomic E-state index is 13.1. The summed E-state index contributed by atoms with van der Waals surface area (Å²) in [7, 11) is 0. The summed E-state index contributed by atoms with van der Waals surface area (Å²) in [6.07, 6.45) is 0. The van der Waals surface area contributed by atoms with Gasteiger partial charge < -0.3 is 24.7 Å². The topological polar surface area (TPSA) is 66.6 Å². The zero-order valence-electron chi connectivity index (χ0n) is 20.6. The van der Waals surface area contributed by atoms with Gasteiger partial charge in [-0.1, -0.05) is 48.5 Å². The summed E-state index contributed by atoms with van der Waals surface area (Å²) in [5.74, 6) is 1.46. The number of hydrogen-bond acceptors (Lipinski definition) is 4. The average Bonchev–Trinajstić information content (AvgIpc) is 3.35. The highest BCUT2D eigenvalue weighted by atomic mass is 32.1. The van der Waals surface area contributed by atoms with Gasteiger partial charge in [-0.2, -0.15) is 0 Å². The summed E-state index contributed by atoms with van der Waals surface area (Å²) in [4.78, 5) is 18.2. The number of aromatic amines is 1. The van der Waals surface area contributed by atoms with Gasteiger partial charge in [-0.15, -0.1) is 0 Å². The van der Waals surface area contributed by atoms with Gasteiger partial charge in [0.2, 0.25) is 6.79 Å². The van der Waals surface area contributed by atoms with Crippen molar-refractivity contribution >= 4 is 28.2 Å². The number of pyridine rings is 1. The van der Waals surface area contributed by atoms with Crippen molar-refractivity contribution in [2.75, 3.05) is 6.79 Å². The van der Waals surface area contributed by atoms with Crippen LogP contribution < -0.4 is 20.3 Å². The molecule has 0 fully saturated rings. The lowest BCUT2D eigenvalue weighted by molar-refractivity contribution is 0.174. The fourth-order valence-corrected chi connectivity index (χ4v) is 4.81.